The molecular weight excluding hydrogens is 342 g/mol. The maximum atomic E-state index is 12.1. The van der Waals surface area contributed by atoms with Crippen molar-refractivity contribution >= 4 is 11.7 Å². The first-order chi connectivity index (χ1) is 12.6. The van der Waals surface area contributed by atoms with Crippen LogP contribution in [0.25, 0.3) is 0 Å². The molecule has 0 atom stereocenters. The molecule has 3 rings (SSSR count). The smallest absolute Gasteiger partial charge is 0.387 e. The topological polar surface area (TPSA) is 69.0 Å². The lowest BCUT2D eigenvalue weighted by Crippen LogP contribution is -2.15. The number of aromatic nitrogens is 3. The molecule has 2 heterocycles. The van der Waals surface area contributed by atoms with E-state index in [9.17, 15) is 13.6 Å². The molecule has 1 N–H and O–H groups in total. The third-order valence-electron chi connectivity index (χ3n) is 3.47. The fourth-order valence-corrected chi connectivity index (χ4v) is 2.34. The van der Waals surface area contributed by atoms with Gasteiger partial charge in [0.1, 0.15) is 5.75 Å². The summed E-state index contributed by atoms with van der Waals surface area (Å²) < 4.78 is 30.2. The van der Waals surface area contributed by atoms with E-state index in [0.717, 1.165) is 5.69 Å². The van der Waals surface area contributed by atoms with Gasteiger partial charge in [-0.1, -0.05) is 18.2 Å². The summed E-state index contributed by atoms with van der Waals surface area (Å²) in [5.41, 5.74) is 1.54. The van der Waals surface area contributed by atoms with E-state index in [1.54, 1.807) is 35.3 Å². The number of pyridine rings is 1. The van der Waals surface area contributed by atoms with Gasteiger partial charge in [0.2, 0.25) is 5.91 Å². The van der Waals surface area contributed by atoms with Crippen LogP contribution in [0.4, 0.5) is 14.6 Å². The number of ether oxygens (including phenoxy) is 1. The summed E-state index contributed by atoms with van der Waals surface area (Å²) in [5.74, 6) is 0.233. The van der Waals surface area contributed by atoms with Gasteiger partial charge in [-0.2, -0.15) is 13.9 Å². The van der Waals surface area contributed by atoms with Gasteiger partial charge in [0.25, 0.3) is 0 Å². The fraction of sp³-hybridized carbons (Fsp3) is 0.167. The Kier molecular flexibility index (Phi) is 5.52. The first-order valence-electron chi connectivity index (χ1n) is 7.85. The Balaban J connectivity index is 1.53. The molecule has 6 nitrogen and oxygen atoms in total. The van der Waals surface area contributed by atoms with Crippen molar-refractivity contribution < 1.29 is 18.3 Å². The number of rotatable bonds is 7. The predicted molar refractivity (Wildman–Crippen MR) is 91.0 cm³/mol. The van der Waals surface area contributed by atoms with Crippen molar-refractivity contribution in [1.29, 1.82) is 0 Å². The van der Waals surface area contributed by atoms with Crippen molar-refractivity contribution in [3.63, 3.8) is 0 Å². The third-order valence-corrected chi connectivity index (χ3v) is 3.47. The average molecular weight is 358 g/mol. The number of amides is 1. The van der Waals surface area contributed by atoms with Crippen molar-refractivity contribution in [3.8, 4) is 5.75 Å². The Labute approximate surface area is 148 Å². The summed E-state index contributed by atoms with van der Waals surface area (Å²) in [4.78, 5) is 16.3. The number of halogens is 2. The van der Waals surface area contributed by atoms with Crippen LogP contribution in [-0.2, 0) is 17.8 Å². The zero-order valence-electron chi connectivity index (χ0n) is 13.7. The Hall–Kier alpha value is -3.29. The summed E-state index contributed by atoms with van der Waals surface area (Å²) in [6, 6.07) is 13.2. The summed E-state index contributed by atoms with van der Waals surface area (Å²) >= 11 is 0. The molecule has 3 aromatic rings. The van der Waals surface area contributed by atoms with Gasteiger partial charge in [-0.15, -0.1) is 0 Å². The Morgan fingerprint density at radius 3 is 2.65 bits per heavy atom. The standard InChI is InChI=1S/C18H16F2N4O2/c19-18(20)26-15-6-4-13(5-7-15)11-17(25)22-16-8-10-24(23-16)12-14-3-1-2-9-21-14/h1-10,18H,11-12H2,(H,22,23,25). The van der Waals surface area contributed by atoms with Crippen LogP contribution in [0.15, 0.2) is 60.9 Å². The lowest BCUT2D eigenvalue weighted by Gasteiger charge is -2.06. The normalized spacial score (nSPS) is 10.7. The molecule has 0 bridgehead atoms. The molecule has 0 aliphatic heterocycles. The molecule has 134 valence electrons. The second-order valence-electron chi connectivity index (χ2n) is 5.47. The van der Waals surface area contributed by atoms with Crippen LogP contribution in [0.5, 0.6) is 5.75 Å². The number of hydrogen-bond donors (Lipinski definition) is 1. The highest BCUT2D eigenvalue weighted by atomic mass is 19.3. The number of carbonyl (C=O) groups is 1. The molecule has 0 aliphatic carbocycles. The largest absolute Gasteiger partial charge is 0.435 e. The zero-order valence-corrected chi connectivity index (χ0v) is 13.7. The first kappa shape index (κ1) is 17.5. The second-order valence-corrected chi connectivity index (χ2v) is 5.47. The maximum absolute atomic E-state index is 12.1. The summed E-state index contributed by atoms with van der Waals surface area (Å²) in [7, 11) is 0. The summed E-state index contributed by atoms with van der Waals surface area (Å²) in [6.07, 6.45) is 3.56. The monoisotopic (exact) mass is 358 g/mol. The molecular formula is C18H16F2N4O2. The molecule has 2 aromatic heterocycles. The number of benzene rings is 1. The van der Waals surface area contributed by atoms with E-state index < -0.39 is 6.61 Å². The number of anilines is 1. The first-order valence-corrected chi connectivity index (χ1v) is 7.85. The predicted octanol–water partition coefficient (Wildman–Crippen LogP) is 3.11. The lowest BCUT2D eigenvalue weighted by molar-refractivity contribution is -0.115. The Morgan fingerprint density at radius 1 is 1.15 bits per heavy atom. The molecule has 0 unspecified atom stereocenters. The van der Waals surface area contributed by atoms with Crippen molar-refractivity contribution in [2.24, 2.45) is 0 Å². The van der Waals surface area contributed by atoms with Crippen LogP contribution in [0.1, 0.15) is 11.3 Å². The molecule has 8 heteroatoms. The van der Waals surface area contributed by atoms with E-state index in [2.05, 4.69) is 20.1 Å². The number of nitrogens with one attached hydrogen (secondary N) is 1. The van der Waals surface area contributed by atoms with Crippen LogP contribution in [0.2, 0.25) is 0 Å². The highest BCUT2D eigenvalue weighted by Crippen LogP contribution is 2.15. The number of alkyl halides is 2. The molecule has 1 aromatic carbocycles. The van der Waals surface area contributed by atoms with Crippen molar-refractivity contribution in [2.45, 2.75) is 19.6 Å². The van der Waals surface area contributed by atoms with E-state index in [1.165, 1.54) is 12.1 Å². The SMILES string of the molecule is O=C(Cc1ccc(OC(F)F)cc1)Nc1ccn(Cc2ccccn2)n1. The van der Waals surface area contributed by atoms with Crippen LogP contribution >= 0.6 is 0 Å². The van der Waals surface area contributed by atoms with Crippen LogP contribution in [0, 0.1) is 0 Å². The van der Waals surface area contributed by atoms with Gasteiger partial charge < -0.3 is 10.1 Å². The van der Waals surface area contributed by atoms with E-state index in [0.29, 0.717) is 17.9 Å². The van der Waals surface area contributed by atoms with Gasteiger partial charge in [0.05, 0.1) is 18.7 Å². The summed E-state index contributed by atoms with van der Waals surface area (Å²) in [6.45, 7) is -2.37. The van der Waals surface area contributed by atoms with Gasteiger partial charge >= 0.3 is 6.61 Å². The number of hydrogen-bond acceptors (Lipinski definition) is 4. The second kappa shape index (κ2) is 8.19. The molecule has 0 fully saturated rings. The Morgan fingerprint density at radius 2 is 1.96 bits per heavy atom. The minimum atomic E-state index is -2.87. The fourth-order valence-electron chi connectivity index (χ4n) is 2.34. The van der Waals surface area contributed by atoms with Gasteiger partial charge in [-0.25, -0.2) is 0 Å². The van der Waals surface area contributed by atoms with Crippen LogP contribution in [0.3, 0.4) is 0 Å². The maximum Gasteiger partial charge on any atom is 0.387 e. The van der Waals surface area contributed by atoms with Gasteiger partial charge in [0.15, 0.2) is 5.82 Å². The third kappa shape index (κ3) is 5.10. The molecule has 0 radical (unpaired) electrons. The van der Waals surface area contributed by atoms with E-state index in [4.69, 9.17) is 0 Å². The highest BCUT2D eigenvalue weighted by Gasteiger charge is 2.08. The van der Waals surface area contributed by atoms with E-state index in [1.807, 2.05) is 18.2 Å². The quantitative estimate of drug-likeness (QED) is 0.705. The Bertz CT molecular complexity index is 851. The van der Waals surface area contributed by atoms with Crippen LogP contribution < -0.4 is 10.1 Å². The van der Waals surface area contributed by atoms with Gasteiger partial charge in [-0.3, -0.25) is 14.5 Å². The van der Waals surface area contributed by atoms with Crippen molar-refractivity contribution in [1.82, 2.24) is 14.8 Å². The van der Waals surface area contributed by atoms with Crippen molar-refractivity contribution in [3.05, 3.63) is 72.2 Å². The summed E-state index contributed by atoms with van der Waals surface area (Å²) in [5, 5.41) is 6.98. The highest BCUT2D eigenvalue weighted by molar-refractivity contribution is 5.91. The van der Waals surface area contributed by atoms with Crippen molar-refractivity contribution in [2.75, 3.05) is 5.32 Å². The molecule has 0 saturated heterocycles. The molecule has 0 spiro atoms. The lowest BCUT2D eigenvalue weighted by atomic mass is 10.1. The molecule has 1 amide bonds. The van der Waals surface area contributed by atoms with Crippen LogP contribution in [-0.4, -0.2) is 27.3 Å². The molecule has 0 saturated carbocycles. The molecule has 26 heavy (non-hydrogen) atoms. The molecule has 0 aliphatic rings. The number of carbonyl (C=O) groups excluding carboxylic acids is 1. The van der Waals surface area contributed by atoms with E-state index >= 15 is 0 Å². The average Bonchev–Trinajstić information content (AvgIpc) is 3.04. The minimum Gasteiger partial charge on any atom is -0.435 e. The van der Waals surface area contributed by atoms with Gasteiger partial charge in [0, 0.05) is 18.5 Å². The zero-order chi connectivity index (χ0) is 18.4. The van der Waals surface area contributed by atoms with Gasteiger partial charge in [-0.05, 0) is 29.8 Å². The van der Waals surface area contributed by atoms with E-state index in [-0.39, 0.29) is 18.1 Å². The number of nitrogens with zero attached hydrogens (tertiary/aromatic N) is 3. The minimum absolute atomic E-state index is 0.0532.